The minimum Gasteiger partial charge on any atom is -0.493 e. The Morgan fingerprint density at radius 3 is 2.56 bits per heavy atom. The maximum Gasteiger partial charge on any atom is 0.162 e. The lowest BCUT2D eigenvalue weighted by Crippen LogP contribution is -1.97. The number of fused-ring (bicyclic) bond motifs is 1. The molecule has 0 fully saturated rings. The highest BCUT2D eigenvalue weighted by Crippen LogP contribution is 2.34. The number of benzene rings is 1. The van der Waals surface area contributed by atoms with Gasteiger partial charge in [0.1, 0.15) is 5.82 Å². The summed E-state index contributed by atoms with van der Waals surface area (Å²) in [6, 6.07) is 13.8. The Morgan fingerprint density at radius 2 is 1.81 bits per heavy atom. The highest BCUT2D eigenvalue weighted by Gasteiger charge is 2.13. The Kier molecular flexibility index (Phi) is 4.38. The second kappa shape index (κ2) is 6.99. The van der Waals surface area contributed by atoms with Gasteiger partial charge in [-0.05, 0) is 36.4 Å². The van der Waals surface area contributed by atoms with Crippen LogP contribution in [0.3, 0.4) is 0 Å². The smallest absolute Gasteiger partial charge is 0.162 e. The lowest BCUT2D eigenvalue weighted by atomic mass is 10.2. The summed E-state index contributed by atoms with van der Waals surface area (Å²) >= 11 is 0. The number of pyridine rings is 2. The van der Waals surface area contributed by atoms with E-state index >= 15 is 0 Å². The molecule has 3 heterocycles. The Bertz CT molecular complexity index is 1090. The summed E-state index contributed by atoms with van der Waals surface area (Å²) in [7, 11) is 5.29. The Balaban J connectivity index is 1.77. The number of ether oxygens (including phenoxy) is 2. The number of nitrogens with zero attached hydrogens (tertiary/aromatic N) is 3. The van der Waals surface area contributed by atoms with Crippen molar-refractivity contribution in [3.8, 4) is 22.8 Å². The molecule has 4 rings (SSSR count). The summed E-state index contributed by atoms with van der Waals surface area (Å²) in [5, 5.41) is 4.43. The summed E-state index contributed by atoms with van der Waals surface area (Å²) in [5.74, 6) is 2.14. The maximum absolute atomic E-state index is 5.39. The van der Waals surface area contributed by atoms with Gasteiger partial charge in [0, 0.05) is 48.3 Å². The van der Waals surface area contributed by atoms with Gasteiger partial charge in [-0.1, -0.05) is 0 Å². The van der Waals surface area contributed by atoms with Crippen molar-refractivity contribution in [3.63, 3.8) is 0 Å². The summed E-state index contributed by atoms with van der Waals surface area (Å²) in [6.07, 6.45) is 5.44. The summed E-state index contributed by atoms with van der Waals surface area (Å²) < 4.78 is 12.8. The average molecular weight is 360 g/mol. The van der Waals surface area contributed by atoms with Gasteiger partial charge in [0.15, 0.2) is 11.5 Å². The summed E-state index contributed by atoms with van der Waals surface area (Å²) in [4.78, 5) is 8.76. The van der Waals surface area contributed by atoms with Crippen LogP contribution >= 0.6 is 0 Å². The predicted molar refractivity (Wildman–Crippen MR) is 107 cm³/mol. The van der Waals surface area contributed by atoms with E-state index in [0.29, 0.717) is 11.5 Å². The number of hydrogen-bond acceptors (Lipinski definition) is 5. The van der Waals surface area contributed by atoms with E-state index in [2.05, 4.69) is 32.0 Å². The van der Waals surface area contributed by atoms with E-state index in [4.69, 9.17) is 9.47 Å². The fourth-order valence-electron chi connectivity index (χ4n) is 3.20. The summed E-state index contributed by atoms with van der Waals surface area (Å²) in [6.45, 7) is 0. The average Bonchev–Trinajstić information content (AvgIpc) is 3.06. The molecule has 6 heteroatoms. The Labute approximate surface area is 157 Å². The largest absolute Gasteiger partial charge is 0.493 e. The fraction of sp³-hybridized carbons (Fsp3) is 0.143. The highest BCUT2D eigenvalue weighted by molar-refractivity contribution is 5.95. The van der Waals surface area contributed by atoms with Crippen molar-refractivity contribution in [2.24, 2.45) is 7.05 Å². The van der Waals surface area contributed by atoms with Crippen molar-refractivity contribution in [1.82, 2.24) is 14.5 Å². The van der Waals surface area contributed by atoms with Gasteiger partial charge in [-0.15, -0.1) is 0 Å². The third-order valence-corrected chi connectivity index (χ3v) is 4.57. The van der Waals surface area contributed by atoms with Crippen LogP contribution in [-0.2, 0) is 7.05 Å². The van der Waals surface area contributed by atoms with Gasteiger partial charge < -0.3 is 19.4 Å². The number of anilines is 2. The van der Waals surface area contributed by atoms with Crippen LogP contribution < -0.4 is 14.8 Å². The van der Waals surface area contributed by atoms with Gasteiger partial charge in [-0.3, -0.25) is 4.98 Å². The van der Waals surface area contributed by atoms with E-state index in [9.17, 15) is 0 Å². The lowest BCUT2D eigenvalue weighted by molar-refractivity contribution is 0.355. The second-order valence-electron chi connectivity index (χ2n) is 6.12. The lowest BCUT2D eigenvalue weighted by Gasteiger charge is -2.11. The van der Waals surface area contributed by atoms with Crippen LogP contribution in [0.15, 0.2) is 61.1 Å². The first-order chi connectivity index (χ1) is 13.2. The topological polar surface area (TPSA) is 61.2 Å². The molecule has 136 valence electrons. The van der Waals surface area contributed by atoms with Crippen LogP contribution in [0.4, 0.5) is 11.5 Å². The molecule has 0 aliphatic heterocycles. The van der Waals surface area contributed by atoms with Crippen molar-refractivity contribution in [1.29, 1.82) is 0 Å². The Morgan fingerprint density at radius 1 is 0.963 bits per heavy atom. The molecule has 0 saturated heterocycles. The molecule has 1 aromatic carbocycles. The van der Waals surface area contributed by atoms with E-state index in [1.165, 1.54) is 0 Å². The zero-order chi connectivity index (χ0) is 18.8. The molecular formula is C21H20N4O2. The number of aromatic nitrogens is 3. The van der Waals surface area contributed by atoms with E-state index in [0.717, 1.165) is 33.7 Å². The molecule has 27 heavy (non-hydrogen) atoms. The highest BCUT2D eigenvalue weighted by atomic mass is 16.5. The molecule has 3 aromatic heterocycles. The van der Waals surface area contributed by atoms with Crippen LogP contribution in [0.25, 0.3) is 22.2 Å². The van der Waals surface area contributed by atoms with Crippen molar-refractivity contribution < 1.29 is 9.47 Å². The number of hydrogen-bond donors (Lipinski definition) is 1. The number of nitrogens with one attached hydrogen (secondary N) is 1. The van der Waals surface area contributed by atoms with Crippen LogP contribution in [0.1, 0.15) is 0 Å². The third kappa shape index (κ3) is 3.06. The van der Waals surface area contributed by atoms with Gasteiger partial charge in [0.05, 0.1) is 25.4 Å². The first-order valence-electron chi connectivity index (χ1n) is 8.55. The normalized spacial score (nSPS) is 10.8. The molecule has 0 spiro atoms. The molecule has 0 atom stereocenters. The minimum absolute atomic E-state index is 0.666. The van der Waals surface area contributed by atoms with E-state index in [-0.39, 0.29) is 0 Å². The van der Waals surface area contributed by atoms with Gasteiger partial charge in [0.2, 0.25) is 0 Å². The zero-order valence-corrected chi connectivity index (χ0v) is 15.4. The molecule has 0 aliphatic carbocycles. The molecule has 4 aromatic rings. The SMILES string of the molecule is COc1ccc(Nc2nccc3c2cc(-c2cccnc2)n3C)cc1OC. The van der Waals surface area contributed by atoms with Gasteiger partial charge in [-0.2, -0.15) is 0 Å². The molecule has 0 amide bonds. The summed E-state index contributed by atoms with van der Waals surface area (Å²) in [5.41, 5.74) is 4.11. The number of aryl methyl sites for hydroxylation is 1. The Hall–Kier alpha value is -3.54. The van der Waals surface area contributed by atoms with Gasteiger partial charge in [0.25, 0.3) is 0 Å². The molecule has 0 aliphatic rings. The first kappa shape index (κ1) is 16.9. The van der Waals surface area contributed by atoms with Crippen molar-refractivity contribution in [2.45, 2.75) is 0 Å². The second-order valence-corrected chi connectivity index (χ2v) is 6.12. The molecular weight excluding hydrogens is 340 g/mol. The molecule has 0 unspecified atom stereocenters. The molecule has 0 saturated carbocycles. The maximum atomic E-state index is 5.39. The molecule has 1 N–H and O–H groups in total. The van der Waals surface area contributed by atoms with E-state index in [1.54, 1.807) is 26.6 Å². The van der Waals surface area contributed by atoms with E-state index in [1.807, 2.05) is 43.6 Å². The zero-order valence-electron chi connectivity index (χ0n) is 15.4. The standard InChI is InChI=1S/C21H20N4O2/c1-25-17-8-10-23-21(16(17)12-18(25)14-5-4-9-22-13-14)24-15-6-7-19(26-2)20(11-15)27-3/h4-13H,1-3H3,(H,23,24). The predicted octanol–water partition coefficient (Wildman–Crippen LogP) is 4.40. The van der Waals surface area contributed by atoms with Crippen LogP contribution in [-0.4, -0.2) is 28.8 Å². The van der Waals surface area contributed by atoms with Crippen molar-refractivity contribution >= 4 is 22.4 Å². The van der Waals surface area contributed by atoms with Crippen LogP contribution in [0.5, 0.6) is 11.5 Å². The molecule has 0 radical (unpaired) electrons. The van der Waals surface area contributed by atoms with Gasteiger partial charge in [-0.25, -0.2) is 4.98 Å². The van der Waals surface area contributed by atoms with E-state index < -0.39 is 0 Å². The molecule has 6 nitrogen and oxygen atoms in total. The van der Waals surface area contributed by atoms with Crippen LogP contribution in [0, 0.1) is 0 Å². The first-order valence-corrected chi connectivity index (χ1v) is 8.55. The molecule has 0 bridgehead atoms. The van der Waals surface area contributed by atoms with Gasteiger partial charge >= 0.3 is 0 Å². The quantitative estimate of drug-likeness (QED) is 0.572. The van der Waals surface area contributed by atoms with Crippen molar-refractivity contribution in [3.05, 3.63) is 61.1 Å². The number of methoxy groups -OCH3 is 2. The minimum atomic E-state index is 0.666. The third-order valence-electron chi connectivity index (χ3n) is 4.57. The number of rotatable bonds is 5. The van der Waals surface area contributed by atoms with Crippen LogP contribution in [0.2, 0.25) is 0 Å². The van der Waals surface area contributed by atoms with Crippen molar-refractivity contribution in [2.75, 3.05) is 19.5 Å². The monoisotopic (exact) mass is 360 g/mol. The fourth-order valence-corrected chi connectivity index (χ4v) is 3.20.